The highest BCUT2D eigenvalue weighted by Crippen LogP contribution is 2.25. The SMILES string of the molecule is CCNC(=O)c1cc2cc(S(C)(=O)=O)ccc2n1Cc1ccc(F)cc1. The van der Waals surface area contributed by atoms with Crippen molar-refractivity contribution in [3.63, 3.8) is 0 Å². The molecule has 0 saturated heterocycles. The van der Waals surface area contributed by atoms with Crippen LogP contribution in [-0.2, 0) is 16.4 Å². The molecule has 0 aliphatic carbocycles. The fraction of sp³-hybridized carbons (Fsp3) is 0.211. The third-order valence-electron chi connectivity index (χ3n) is 4.12. The Balaban J connectivity index is 2.15. The Kier molecular flexibility index (Phi) is 4.82. The molecule has 1 N–H and O–H groups in total. The summed E-state index contributed by atoms with van der Waals surface area (Å²) < 4.78 is 38.6. The minimum Gasteiger partial charge on any atom is -0.351 e. The summed E-state index contributed by atoms with van der Waals surface area (Å²) in [5, 5.41) is 3.43. The minimum atomic E-state index is -3.34. The molecule has 0 aliphatic rings. The summed E-state index contributed by atoms with van der Waals surface area (Å²) in [5.41, 5.74) is 2.00. The van der Waals surface area contributed by atoms with E-state index in [1.54, 1.807) is 34.9 Å². The molecule has 0 saturated carbocycles. The molecular formula is C19H19FN2O3S. The van der Waals surface area contributed by atoms with Gasteiger partial charge in [0.15, 0.2) is 9.84 Å². The average Bonchev–Trinajstić information content (AvgIpc) is 2.94. The highest BCUT2D eigenvalue weighted by Gasteiger charge is 2.17. The molecule has 0 fully saturated rings. The van der Waals surface area contributed by atoms with Crippen molar-refractivity contribution in [3.05, 3.63) is 65.6 Å². The number of carbonyl (C=O) groups excluding carboxylic acids is 1. The van der Waals surface area contributed by atoms with Crippen molar-refractivity contribution in [1.82, 2.24) is 9.88 Å². The zero-order valence-electron chi connectivity index (χ0n) is 14.5. The maximum absolute atomic E-state index is 13.2. The van der Waals surface area contributed by atoms with Crippen LogP contribution in [-0.4, -0.2) is 31.7 Å². The van der Waals surface area contributed by atoms with Crippen LogP contribution in [0, 0.1) is 5.82 Å². The molecule has 1 aromatic heterocycles. The third-order valence-corrected chi connectivity index (χ3v) is 5.24. The van der Waals surface area contributed by atoms with Crippen molar-refractivity contribution in [2.45, 2.75) is 18.4 Å². The molecule has 26 heavy (non-hydrogen) atoms. The quantitative estimate of drug-likeness (QED) is 0.747. The van der Waals surface area contributed by atoms with Crippen LogP contribution in [0.5, 0.6) is 0 Å². The molecule has 7 heteroatoms. The average molecular weight is 374 g/mol. The van der Waals surface area contributed by atoms with Crippen molar-refractivity contribution in [2.75, 3.05) is 12.8 Å². The lowest BCUT2D eigenvalue weighted by Gasteiger charge is -2.11. The highest BCUT2D eigenvalue weighted by atomic mass is 32.2. The van der Waals surface area contributed by atoms with E-state index in [-0.39, 0.29) is 16.6 Å². The van der Waals surface area contributed by atoms with Gasteiger partial charge in [-0.05, 0) is 48.9 Å². The Labute approximate surface area is 151 Å². The number of amides is 1. The normalized spacial score (nSPS) is 11.7. The van der Waals surface area contributed by atoms with Gasteiger partial charge >= 0.3 is 0 Å². The Hall–Kier alpha value is -2.67. The van der Waals surface area contributed by atoms with Crippen molar-refractivity contribution in [1.29, 1.82) is 0 Å². The molecule has 5 nitrogen and oxygen atoms in total. The molecule has 1 heterocycles. The minimum absolute atomic E-state index is 0.200. The van der Waals surface area contributed by atoms with Crippen LogP contribution in [0.25, 0.3) is 10.9 Å². The van der Waals surface area contributed by atoms with E-state index in [0.29, 0.717) is 24.2 Å². The van der Waals surface area contributed by atoms with Gasteiger partial charge in [0.1, 0.15) is 11.5 Å². The fourth-order valence-electron chi connectivity index (χ4n) is 2.86. The van der Waals surface area contributed by atoms with Gasteiger partial charge < -0.3 is 9.88 Å². The van der Waals surface area contributed by atoms with Crippen LogP contribution >= 0.6 is 0 Å². The summed E-state index contributed by atoms with van der Waals surface area (Å²) >= 11 is 0. The summed E-state index contributed by atoms with van der Waals surface area (Å²) in [7, 11) is -3.34. The van der Waals surface area contributed by atoms with Gasteiger partial charge in [-0.15, -0.1) is 0 Å². The van der Waals surface area contributed by atoms with Crippen LogP contribution in [0.4, 0.5) is 4.39 Å². The van der Waals surface area contributed by atoms with Crippen molar-refractivity contribution in [2.24, 2.45) is 0 Å². The predicted molar refractivity (Wildman–Crippen MR) is 98.6 cm³/mol. The first-order valence-corrected chi connectivity index (χ1v) is 10.0. The van der Waals surface area contributed by atoms with Gasteiger partial charge in [0.05, 0.1) is 4.90 Å². The van der Waals surface area contributed by atoms with Crippen molar-refractivity contribution in [3.8, 4) is 0 Å². The molecule has 0 aliphatic heterocycles. The molecule has 0 spiro atoms. The molecule has 3 rings (SSSR count). The third kappa shape index (κ3) is 3.62. The van der Waals surface area contributed by atoms with Gasteiger partial charge in [0.2, 0.25) is 0 Å². The lowest BCUT2D eigenvalue weighted by molar-refractivity contribution is 0.0947. The standard InChI is InChI=1S/C19H19FN2O3S/c1-3-21-19(23)18-11-14-10-16(26(2,24)25)8-9-17(14)22(18)12-13-4-6-15(20)7-5-13/h4-11H,3,12H2,1-2H3,(H,21,23). The Morgan fingerprint density at radius 3 is 2.42 bits per heavy atom. The maximum atomic E-state index is 13.2. The highest BCUT2D eigenvalue weighted by molar-refractivity contribution is 7.90. The number of aromatic nitrogens is 1. The first-order chi connectivity index (χ1) is 12.3. The summed E-state index contributed by atoms with van der Waals surface area (Å²) in [6, 6.07) is 12.5. The van der Waals surface area contributed by atoms with E-state index in [1.165, 1.54) is 18.2 Å². The monoisotopic (exact) mass is 374 g/mol. The van der Waals surface area contributed by atoms with Crippen LogP contribution in [0.1, 0.15) is 23.0 Å². The lowest BCUT2D eigenvalue weighted by atomic mass is 10.2. The summed E-state index contributed by atoms with van der Waals surface area (Å²) in [6.07, 6.45) is 1.15. The van der Waals surface area contributed by atoms with Crippen molar-refractivity contribution >= 4 is 26.6 Å². The number of sulfone groups is 1. The second-order valence-corrected chi connectivity index (χ2v) is 8.11. The van der Waals surface area contributed by atoms with Gasteiger partial charge in [-0.3, -0.25) is 4.79 Å². The molecule has 3 aromatic rings. The number of nitrogens with one attached hydrogen (secondary N) is 1. The molecule has 136 valence electrons. The van der Waals surface area contributed by atoms with Crippen molar-refractivity contribution < 1.29 is 17.6 Å². The molecule has 0 radical (unpaired) electrons. The lowest BCUT2D eigenvalue weighted by Crippen LogP contribution is -2.25. The molecule has 1 amide bonds. The van der Waals surface area contributed by atoms with E-state index in [1.807, 2.05) is 6.92 Å². The van der Waals surface area contributed by atoms with Crippen LogP contribution in [0.15, 0.2) is 53.4 Å². The number of halogens is 1. The first kappa shape index (κ1) is 18.1. The Bertz CT molecular complexity index is 1070. The van der Waals surface area contributed by atoms with E-state index in [2.05, 4.69) is 5.32 Å². The van der Waals surface area contributed by atoms with Crippen LogP contribution in [0.2, 0.25) is 0 Å². The van der Waals surface area contributed by atoms with Gasteiger partial charge in [-0.25, -0.2) is 12.8 Å². The molecule has 0 atom stereocenters. The van der Waals surface area contributed by atoms with Crippen LogP contribution in [0.3, 0.4) is 0 Å². The fourth-order valence-corrected chi connectivity index (χ4v) is 3.52. The zero-order chi connectivity index (χ0) is 18.9. The number of rotatable bonds is 5. The van der Waals surface area contributed by atoms with Crippen LogP contribution < -0.4 is 5.32 Å². The molecule has 2 aromatic carbocycles. The van der Waals surface area contributed by atoms with Gasteiger partial charge in [0, 0.05) is 30.2 Å². The summed E-state index contributed by atoms with van der Waals surface area (Å²) in [4.78, 5) is 12.7. The van der Waals surface area contributed by atoms with Gasteiger partial charge in [-0.1, -0.05) is 12.1 Å². The van der Waals surface area contributed by atoms with E-state index in [4.69, 9.17) is 0 Å². The van der Waals surface area contributed by atoms with Gasteiger partial charge in [-0.2, -0.15) is 0 Å². The number of nitrogens with zero attached hydrogens (tertiary/aromatic N) is 1. The Morgan fingerprint density at radius 2 is 1.81 bits per heavy atom. The maximum Gasteiger partial charge on any atom is 0.267 e. The van der Waals surface area contributed by atoms with E-state index >= 15 is 0 Å². The molecule has 0 unspecified atom stereocenters. The Morgan fingerprint density at radius 1 is 1.12 bits per heavy atom. The topological polar surface area (TPSA) is 68.2 Å². The largest absolute Gasteiger partial charge is 0.351 e. The van der Waals surface area contributed by atoms with E-state index in [0.717, 1.165) is 17.3 Å². The first-order valence-electron chi connectivity index (χ1n) is 8.15. The number of fused-ring (bicyclic) bond motifs is 1. The molecular weight excluding hydrogens is 355 g/mol. The number of hydrogen-bond acceptors (Lipinski definition) is 3. The van der Waals surface area contributed by atoms with E-state index < -0.39 is 9.84 Å². The predicted octanol–water partition coefficient (Wildman–Crippen LogP) is 2.98. The number of hydrogen-bond donors (Lipinski definition) is 1. The molecule has 0 bridgehead atoms. The second-order valence-electron chi connectivity index (χ2n) is 6.09. The zero-order valence-corrected chi connectivity index (χ0v) is 15.3. The summed E-state index contributed by atoms with van der Waals surface area (Å²) in [6.45, 7) is 2.67. The van der Waals surface area contributed by atoms with Gasteiger partial charge in [0.25, 0.3) is 5.91 Å². The smallest absolute Gasteiger partial charge is 0.267 e. The number of benzene rings is 2. The summed E-state index contributed by atoms with van der Waals surface area (Å²) in [5.74, 6) is -0.570. The number of carbonyl (C=O) groups is 1. The van der Waals surface area contributed by atoms with E-state index in [9.17, 15) is 17.6 Å². The second kappa shape index (κ2) is 6.92.